The first kappa shape index (κ1) is 12.6. The molecule has 0 unspecified atom stereocenters. The zero-order valence-corrected chi connectivity index (χ0v) is 9.79. The highest BCUT2D eigenvalue weighted by molar-refractivity contribution is 7.90. The van der Waals surface area contributed by atoms with Crippen molar-refractivity contribution < 1.29 is 8.42 Å². The Kier molecular flexibility index (Phi) is 3.99. The minimum Gasteiger partial charge on any atom is -0.330 e. The second-order valence-electron chi connectivity index (χ2n) is 3.43. The number of nitrogens with zero attached hydrogens (tertiary/aromatic N) is 2. The molecular formula is C10H13N3O2S. The number of hydrogen-bond donors (Lipinski definition) is 1. The van der Waals surface area contributed by atoms with Crippen LogP contribution in [0.4, 0.5) is 0 Å². The van der Waals surface area contributed by atoms with E-state index in [0.29, 0.717) is 18.7 Å². The summed E-state index contributed by atoms with van der Waals surface area (Å²) in [4.78, 5) is 3.99. The Labute approximate surface area is 94.8 Å². The Balaban J connectivity index is 3.19. The predicted octanol–water partition coefficient (Wildman–Crippen LogP) is 0.248. The summed E-state index contributed by atoms with van der Waals surface area (Å²) in [5.41, 5.74) is 6.08. The maximum absolute atomic E-state index is 11.4. The lowest BCUT2D eigenvalue weighted by atomic mass is 10.2. The number of hydrogen-bond acceptors (Lipinski definition) is 5. The molecule has 1 heterocycles. The molecule has 0 amide bonds. The van der Waals surface area contributed by atoms with Crippen LogP contribution in [0.15, 0.2) is 17.2 Å². The quantitative estimate of drug-likeness (QED) is 0.812. The molecule has 6 heteroatoms. The molecule has 0 fully saturated rings. The zero-order chi connectivity index (χ0) is 12.2. The molecule has 0 aliphatic heterocycles. The number of aryl methyl sites for hydroxylation is 1. The number of nitrogens with two attached hydrogens (primary N) is 1. The predicted molar refractivity (Wildman–Crippen MR) is 59.4 cm³/mol. The van der Waals surface area contributed by atoms with E-state index in [4.69, 9.17) is 11.0 Å². The van der Waals surface area contributed by atoms with Crippen molar-refractivity contribution in [3.8, 4) is 6.07 Å². The molecule has 0 saturated carbocycles. The first-order valence-electron chi connectivity index (χ1n) is 4.79. The van der Waals surface area contributed by atoms with Gasteiger partial charge >= 0.3 is 0 Å². The summed E-state index contributed by atoms with van der Waals surface area (Å²) in [6.45, 7) is 0.524. The smallest absolute Gasteiger partial charge is 0.194 e. The lowest BCUT2D eigenvalue weighted by molar-refractivity contribution is 0.597. The van der Waals surface area contributed by atoms with Gasteiger partial charge < -0.3 is 5.73 Å². The van der Waals surface area contributed by atoms with Gasteiger partial charge in [0.25, 0.3) is 0 Å². The summed E-state index contributed by atoms with van der Waals surface area (Å²) in [7, 11) is -3.46. The topological polar surface area (TPSA) is 96.8 Å². The Morgan fingerprint density at radius 1 is 1.50 bits per heavy atom. The molecule has 1 rings (SSSR count). The van der Waals surface area contributed by atoms with Gasteiger partial charge in [0, 0.05) is 11.9 Å². The van der Waals surface area contributed by atoms with Crippen LogP contribution in [0.1, 0.15) is 17.7 Å². The lowest BCUT2D eigenvalue weighted by Crippen LogP contribution is -2.07. The van der Waals surface area contributed by atoms with Crippen LogP contribution in [0.3, 0.4) is 0 Å². The minimum atomic E-state index is -3.46. The Hall–Kier alpha value is -1.45. The number of aromatic nitrogens is 1. The van der Waals surface area contributed by atoms with Gasteiger partial charge in [0.05, 0.1) is 5.56 Å². The van der Waals surface area contributed by atoms with Crippen molar-refractivity contribution in [2.45, 2.75) is 17.9 Å². The molecule has 86 valence electrons. The molecule has 5 nitrogen and oxygen atoms in total. The first-order chi connectivity index (χ1) is 7.49. The van der Waals surface area contributed by atoms with Crippen molar-refractivity contribution in [3.05, 3.63) is 23.4 Å². The molecule has 2 N–H and O–H groups in total. The second kappa shape index (κ2) is 5.05. The molecule has 0 bridgehead atoms. The van der Waals surface area contributed by atoms with Crippen molar-refractivity contribution in [2.24, 2.45) is 5.73 Å². The second-order valence-corrected chi connectivity index (χ2v) is 5.36. The Morgan fingerprint density at radius 2 is 2.19 bits per heavy atom. The van der Waals surface area contributed by atoms with Gasteiger partial charge in [-0.1, -0.05) is 0 Å². The molecule has 0 aliphatic rings. The molecule has 16 heavy (non-hydrogen) atoms. The van der Waals surface area contributed by atoms with E-state index in [0.717, 1.165) is 12.7 Å². The summed E-state index contributed by atoms with van der Waals surface area (Å²) in [5.74, 6) is 0. The van der Waals surface area contributed by atoms with Crippen LogP contribution in [0.2, 0.25) is 0 Å². The zero-order valence-electron chi connectivity index (χ0n) is 8.97. The number of pyridine rings is 1. The van der Waals surface area contributed by atoms with E-state index >= 15 is 0 Å². The van der Waals surface area contributed by atoms with E-state index < -0.39 is 9.84 Å². The minimum absolute atomic E-state index is 0.0824. The fraction of sp³-hybridized carbons (Fsp3) is 0.400. The third-order valence-electron chi connectivity index (χ3n) is 2.03. The summed E-state index contributed by atoms with van der Waals surface area (Å²) in [6, 6.07) is 4.96. The van der Waals surface area contributed by atoms with Gasteiger partial charge in [-0.15, -0.1) is 0 Å². The van der Waals surface area contributed by atoms with E-state index in [-0.39, 0.29) is 10.6 Å². The van der Waals surface area contributed by atoms with Gasteiger partial charge in [-0.05, 0) is 31.5 Å². The first-order valence-corrected chi connectivity index (χ1v) is 6.68. The average molecular weight is 239 g/mol. The van der Waals surface area contributed by atoms with Gasteiger partial charge in [-0.2, -0.15) is 5.26 Å². The normalized spacial score (nSPS) is 11.1. The van der Waals surface area contributed by atoms with Crippen LogP contribution in [-0.4, -0.2) is 26.2 Å². The van der Waals surface area contributed by atoms with Crippen molar-refractivity contribution >= 4 is 9.84 Å². The van der Waals surface area contributed by atoms with E-state index in [1.54, 1.807) is 6.07 Å². The lowest BCUT2D eigenvalue weighted by Gasteiger charge is -2.04. The molecule has 0 aromatic carbocycles. The Morgan fingerprint density at radius 3 is 2.69 bits per heavy atom. The van der Waals surface area contributed by atoms with Crippen LogP contribution in [0.5, 0.6) is 0 Å². The van der Waals surface area contributed by atoms with Gasteiger partial charge in [-0.25, -0.2) is 13.4 Å². The van der Waals surface area contributed by atoms with Crippen LogP contribution in [0.25, 0.3) is 0 Å². The molecule has 0 spiro atoms. The molecule has 1 aromatic heterocycles. The van der Waals surface area contributed by atoms with Crippen LogP contribution < -0.4 is 5.73 Å². The maximum Gasteiger partial charge on any atom is 0.194 e. The third kappa shape index (κ3) is 3.02. The maximum atomic E-state index is 11.4. The monoisotopic (exact) mass is 239 g/mol. The van der Waals surface area contributed by atoms with Gasteiger partial charge in [-0.3, -0.25) is 0 Å². The molecule has 0 radical (unpaired) electrons. The van der Waals surface area contributed by atoms with Crippen molar-refractivity contribution in [3.63, 3.8) is 0 Å². The van der Waals surface area contributed by atoms with E-state index in [9.17, 15) is 8.42 Å². The highest BCUT2D eigenvalue weighted by atomic mass is 32.2. The fourth-order valence-electron chi connectivity index (χ4n) is 1.27. The van der Waals surface area contributed by atoms with Crippen LogP contribution in [-0.2, 0) is 16.3 Å². The van der Waals surface area contributed by atoms with E-state index in [1.807, 2.05) is 6.07 Å². The van der Waals surface area contributed by atoms with Crippen LogP contribution in [0, 0.1) is 11.3 Å². The fourth-order valence-corrected chi connectivity index (χ4v) is 2.07. The highest BCUT2D eigenvalue weighted by Crippen LogP contribution is 2.13. The van der Waals surface area contributed by atoms with Crippen LogP contribution >= 0.6 is 0 Å². The van der Waals surface area contributed by atoms with E-state index in [1.165, 1.54) is 6.07 Å². The number of sulfone groups is 1. The largest absolute Gasteiger partial charge is 0.330 e. The SMILES string of the molecule is CS(=O)(=O)c1nc(CCCN)ccc1C#N. The van der Waals surface area contributed by atoms with Gasteiger partial charge in [0.1, 0.15) is 6.07 Å². The molecule has 0 aliphatic carbocycles. The standard InChI is InChI=1S/C10H13N3O2S/c1-16(14,15)10-8(7-12)4-5-9(13-10)3-2-6-11/h4-5H,2-3,6,11H2,1H3. The summed E-state index contributed by atoms with van der Waals surface area (Å²) >= 11 is 0. The molecule has 0 saturated heterocycles. The summed E-state index contributed by atoms with van der Waals surface area (Å²) in [6.07, 6.45) is 2.40. The summed E-state index contributed by atoms with van der Waals surface area (Å²) in [5, 5.41) is 8.63. The highest BCUT2D eigenvalue weighted by Gasteiger charge is 2.15. The van der Waals surface area contributed by atoms with Crippen molar-refractivity contribution in [1.82, 2.24) is 4.98 Å². The average Bonchev–Trinajstić information content (AvgIpc) is 2.24. The van der Waals surface area contributed by atoms with Gasteiger partial charge in [0.15, 0.2) is 14.9 Å². The third-order valence-corrected chi connectivity index (χ3v) is 3.04. The number of nitriles is 1. The van der Waals surface area contributed by atoms with Gasteiger partial charge in [0.2, 0.25) is 0 Å². The summed E-state index contributed by atoms with van der Waals surface area (Å²) < 4.78 is 22.8. The molecule has 1 aromatic rings. The molecule has 0 atom stereocenters. The molecular weight excluding hydrogens is 226 g/mol. The van der Waals surface area contributed by atoms with E-state index in [2.05, 4.69) is 4.98 Å². The Bertz CT molecular complexity index is 517. The number of rotatable bonds is 4. The van der Waals surface area contributed by atoms with Crippen molar-refractivity contribution in [2.75, 3.05) is 12.8 Å². The van der Waals surface area contributed by atoms with Crippen molar-refractivity contribution in [1.29, 1.82) is 5.26 Å².